The number of hydrogen-bond donors (Lipinski definition) is 0. The Morgan fingerprint density at radius 2 is 1.52 bits per heavy atom. The van der Waals surface area contributed by atoms with E-state index in [0.717, 1.165) is 12.1 Å². The van der Waals surface area contributed by atoms with Gasteiger partial charge < -0.3 is 9.05 Å². The Balaban J connectivity index is 3.11. The van der Waals surface area contributed by atoms with Gasteiger partial charge in [-0.3, -0.25) is 4.57 Å². The zero-order chi connectivity index (χ0) is 16.1. The lowest BCUT2D eigenvalue weighted by atomic mass is 10.1. The maximum absolute atomic E-state index is 12.8. The molecule has 0 amide bonds. The molecule has 0 bridgehead atoms. The first-order valence-electron chi connectivity index (χ1n) is 6.84. The van der Waals surface area contributed by atoms with Crippen LogP contribution >= 0.6 is 7.60 Å². The third kappa shape index (κ3) is 4.56. The van der Waals surface area contributed by atoms with E-state index < -0.39 is 25.0 Å². The van der Waals surface area contributed by atoms with Crippen molar-refractivity contribution in [2.45, 2.75) is 39.0 Å². The van der Waals surface area contributed by atoms with E-state index in [4.69, 9.17) is 9.05 Å². The van der Waals surface area contributed by atoms with Gasteiger partial charge in [0.25, 0.3) is 0 Å². The van der Waals surface area contributed by atoms with Crippen molar-refractivity contribution in [2.75, 3.05) is 13.2 Å². The Kier molecular flexibility index (Phi) is 6.44. The maximum Gasteiger partial charge on any atom is 0.416 e. The summed E-state index contributed by atoms with van der Waals surface area (Å²) in [4.78, 5) is 0. The zero-order valence-electron chi connectivity index (χ0n) is 12.3. The maximum atomic E-state index is 12.8. The highest BCUT2D eigenvalue weighted by atomic mass is 31.2. The van der Waals surface area contributed by atoms with Crippen LogP contribution in [-0.2, 0) is 19.8 Å². The molecule has 1 rings (SSSR count). The Labute approximate surface area is 123 Å². The lowest BCUT2D eigenvalue weighted by Crippen LogP contribution is -2.08. The molecule has 3 nitrogen and oxygen atoms in total. The van der Waals surface area contributed by atoms with Gasteiger partial charge in [-0.15, -0.1) is 0 Å². The van der Waals surface area contributed by atoms with Crippen LogP contribution < -0.4 is 0 Å². The average molecular weight is 324 g/mol. The first-order chi connectivity index (χ1) is 9.78. The molecule has 21 heavy (non-hydrogen) atoms. The minimum Gasteiger partial charge on any atom is -0.308 e. The number of alkyl halides is 3. The molecule has 1 atom stereocenters. The van der Waals surface area contributed by atoms with Gasteiger partial charge in [-0.25, -0.2) is 0 Å². The molecule has 0 radical (unpaired) electrons. The van der Waals surface area contributed by atoms with Crippen LogP contribution in [0, 0.1) is 0 Å². The Bertz CT molecular complexity index is 475. The molecule has 1 aromatic carbocycles. The minimum atomic E-state index is -4.39. The van der Waals surface area contributed by atoms with Crippen LogP contribution in [0.25, 0.3) is 0 Å². The third-order valence-electron chi connectivity index (χ3n) is 3.01. The van der Waals surface area contributed by atoms with Crippen molar-refractivity contribution in [1.29, 1.82) is 0 Å². The van der Waals surface area contributed by atoms with Gasteiger partial charge >= 0.3 is 13.8 Å². The molecule has 1 aromatic rings. The van der Waals surface area contributed by atoms with Crippen molar-refractivity contribution in [3.8, 4) is 0 Å². The normalized spacial score (nSPS) is 14.2. The molecule has 0 aliphatic carbocycles. The first kappa shape index (κ1) is 18.2. The second kappa shape index (κ2) is 7.43. The average Bonchev–Trinajstić information content (AvgIpc) is 2.39. The fraction of sp³-hybridized carbons (Fsp3) is 0.571. The van der Waals surface area contributed by atoms with Gasteiger partial charge in [-0.2, -0.15) is 13.2 Å². The lowest BCUT2D eigenvalue weighted by Gasteiger charge is -2.26. The summed E-state index contributed by atoms with van der Waals surface area (Å²) in [5, 5.41) is 0. The molecule has 0 unspecified atom stereocenters. The highest BCUT2D eigenvalue weighted by molar-refractivity contribution is 7.54. The number of rotatable bonds is 7. The number of halogens is 3. The van der Waals surface area contributed by atoms with E-state index in [1.165, 1.54) is 12.1 Å². The summed E-state index contributed by atoms with van der Waals surface area (Å²) >= 11 is 0. The van der Waals surface area contributed by atoms with Crippen molar-refractivity contribution >= 4 is 7.60 Å². The summed E-state index contributed by atoms with van der Waals surface area (Å²) in [5.74, 6) is 0. The fourth-order valence-corrected chi connectivity index (χ4v) is 4.25. The summed E-state index contributed by atoms with van der Waals surface area (Å²) in [5.41, 5.74) is -0.779. The SMILES string of the molecule is CCOP(=O)(OCC)[C@H](CC)c1ccc(C(F)(F)F)cc1. The van der Waals surface area contributed by atoms with Crippen molar-refractivity contribution in [3.63, 3.8) is 0 Å². The van der Waals surface area contributed by atoms with E-state index >= 15 is 0 Å². The van der Waals surface area contributed by atoms with Crippen molar-refractivity contribution in [3.05, 3.63) is 35.4 Å². The first-order valence-corrected chi connectivity index (χ1v) is 8.45. The van der Waals surface area contributed by atoms with Gasteiger partial charge in [0, 0.05) is 0 Å². The van der Waals surface area contributed by atoms with Crippen LogP contribution in [-0.4, -0.2) is 13.2 Å². The predicted octanol–water partition coefficient (Wildman–Crippen LogP) is 5.42. The molecular weight excluding hydrogens is 304 g/mol. The van der Waals surface area contributed by atoms with Crippen molar-refractivity contribution in [1.82, 2.24) is 0 Å². The molecule has 0 saturated carbocycles. The molecule has 120 valence electrons. The lowest BCUT2D eigenvalue weighted by molar-refractivity contribution is -0.137. The summed E-state index contributed by atoms with van der Waals surface area (Å²) < 4.78 is 61.1. The largest absolute Gasteiger partial charge is 0.416 e. The summed E-state index contributed by atoms with van der Waals surface area (Å²) in [6.07, 6.45) is -3.94. The molecule has 0 fully saturated rings. The van der Waals surface area contributed by atoms with Crippen LogP contribution in [0.2, 0.25) is 0 Å². The molecule has 0 aliphatic rings. The van der Waals surface area contributed by atoms with E-state index in [1.807, 2.05) is 0 Å². The quantitative estimate of drug-likeness (QED) is 0.628. The molecule has 0 spiro atoms. The van der Waals surface area contributed by atoms with Gasteiger partial charge in [0.1, 0.15) is 0 Å². The molecule has 0 saturated heterocycles. The standard InChI is InChI=1S/C14H20F3O3P/c1-4-13(21(18,19-5-2)20-6-3)11-7-9-12(10-8-11)14(15,16)17/h7-10,13H,4-6H2,1-3H3/t13-/m1/s1. The third-order valence-corrected chi connectivity index (χ3v) is 5.67. The van der Waals surface area contributed by atoms with E-state index in [9.17, 15) is 17.7 Å². The Morgan fingerprint density at radius 1 is 1.05 bits per heavy atom. The molecule has 7 heteroatoms. The zero-order valence-corrected chi connectivity index (χ0v) is 13.2. The highest BCUT2D eigenvalue weighted by Crippen LogP contribution is 2.62. The summed E-state index contributed by atoms with van der Waals surface area (Å²) in [7, 11) is -3.39. The number of hydrogen-bond acceptors (Lipinski definition) is 3. The van der Waals surface area contributed by atoms with Crippen LogP contribution in [0.1, 0.15) is 44.0 Å². The van der Waals surface area contributed by atoms with Gasteiger partial charge in [0.15, 0.2) is 0 Å². The molecular formula is C14H20F3O3P. The minimum absolute atomic E-state index is 0.217. The topological polar surface area (TPSA) is 35.5 Å². The summed E-state index contributed by atoms with van der Waals surface area (Å²) in [6, 6.07) is 4.64. The van der Waals surface area contributed by atoms with Crippen LogP contribution in [0.3, 0.4) is 0 Å². The molecule has 0 aromatic heterocycles. The second-order valence-electron chi connectivity index (χ2n) is 4.42. The van der Waals surface area contributed by atoms with Crippen molar-refractivity contribution in [2.24, 2.45) is 0 Å². The monoisotopic (exact) mass is 324 g/mol. The molecule has 0 aliphatic heterocycles. The van der Waals surface area contributed by atoms with Gasteiger partial charge in [0.2, 0.25) is 0 Å². The number of benzene rings is 1. The van der Waals surface area contributed by atoms with Crippen LogP contribution in [0.4, 0.5) is 13.2 Å². The summed E-state index contributed by atoms with van der Waals surface area (Å²) in [6.45, 7) is 5.63. The van der Waals surface area contributed by atoms with Gasteiger partial charge in [-0.1, -0.05) is 19.1 Å². The molecule has 0 heterocycles. The predicted molar refractivity (Wildman–Crippen MR) is 75.3 cm³/mol. The van der Waals surface area contributed by atoms with Crippen LogP contribution in [0.5, 0.6) is 0 Å². The smallest absolute Gasteiger partial charge is 0.308 e. The Hall–Kier alpha value is -0.840. The van der Waals surface area contributed by atoms with Crippen LogP contribution in [0.15, 0.2) is 24.3 Å². The van der Waals surface area contributed by atoms with Crippen molar-refractivity contribution < 1.29 is 26.8 Å². The van der Waals surface area contributed by atoms with E-state index in [2.05, 4.69) is 0 Å². The molecule has 0 N–H and O–H groups in total. The van der Waals surface area contributed by atoms with Gasteiger partial charge in [0.05, 0.1) is 24.4 Å². The second-order valence-corrected chi connectivity index (χ2v) is 6.64. The Morgan fingerprint density at radius 3 is 1.86 bits per heavy atom. The highest BCUT2D eigenvalue weighted by Gasteiger charge is 2.36. The van der Waals surface area contributed by atoms with Gasteiger partial charge in [-0.05, 0) is 38.0 Å². The van der Waals surface area contributed by atoms with E-state index in [1.54, 1.807) is 20.8 Å². The van der Waals surface area contributed by atoms with E-state index in [-0.39, 0.29) is 13.2 Å². The van der Waals surface area contributed by atoms with E-state index in [0.29, 0.717) is 12.0 Å². The fourth-order valence-electron chi connectivity index (χ4n) is 2.11.